The molecule has 0 atom stereocenters. The topological polar surface area (TPSA) is 32.5 Å². The molecule has 1 aliphatic heterocycles. The Balaban J connectivity index is 1.92. The molecule has 3 rings (SSSR count). The molecule has 0 bridgehead atoms. The predicted molar refractivity (Wildman–Crippen MR) is 89.3 cm³/mol. The first-order chi connectivity index (χ1) is 9.65. The summed E-state index contributed by atoms with van der Waals surface area (Å²) in [4.78, 5) is 4.72. The Morgan fingerprint density at radius 3 is 2.65 bits per heavy atom. The lowest BCUT2D eigenvalue weighted by Crippen LogP contribution is -2.38. The zero-order valence-electron chi connectivity index (χ0n) is 11.5. The van der Waals surface area contributed by atoms with Crippen molar-refractivity contribution in [1.82, 2.24) is 0 Å². The number of hydrogen-bond donors (Lipinski definition) is 1. The van der Waals surface area contributed by atoms with Crippen molar-refractivity contribution in [2.75, 3.05) is 35.7 Å². The predicted octanol–water partition coefficient (Wildman–Crippen LogP) is 3.49. The number of halogens is 1. The summed E-state index contributed by atoms with van der Waals surface area (Å²) < 4.78 is 1.11. The van der Waals surface area contributed by atoms with Crippen LogP contribution in [0.15, 0.2) is 46.9 Å². The lowest BCUT2D eigenvalue weighted by molar-refractivity contribution is 0.734. The Labute approximate surface area is 128 Å². The second-order valence-corrected chi connectivity index (χ2v) is 6.04. The van der Waals surface area contributed by atoms with Crippen LogP contribution in [0.3, 0.4) is 0 Å². The zero-order valence-corrected chi connectivity index (χ0v) is 13.1. The normalized spacial score (nSPS) is 14.3. The molecule has 2 aromatic rings. The molecule has 104 valence electrons. The highest BCUT2D eigenvalue weighted by Crippen LogP contribution is 2.33. The molecule has 0 aliphatic carbocycles. The maximum atomic E-state index is 5.90. The Kier molecular flexibility index (Phi) is 3.57. The van der Waals surface area contributed by atoms with Gasteiger partial charge >= 0.3 is 0 Å². The fraction of sp³-hybridized carbons (Fsp3) is 0.250. The molecule has 0 spiro atoms. The number of rotatable bonds is 2. The maximum absolute atomic E-state index is 5.90. The van der Waals surface area contributed by atoms with Crippen molar-refractivity contribution < 1.29 is 0 Å². The number of anilines is 3. The monoisotopic (exact) mass is 331 g/mol. The molecule has 0 fully saturated rings. The summed E-state index contributed by atoms with van der Waals surface area (Å²) in [5, 5.41) is 0. The van der Waals surface area contributed by atoms with Crippen LogP contribution in [0.5, 0.6) is 0 Å². The molecule has 0 saturated carbocycles. The van der Waals surface area contributed by atoms with E-state index in [1.54, 1.807) is 0 Å². The van der Waals surface area contributed by atoms with Gasteiger partial charge in [-0.1, -0.05) is 28.1 Å². The standard InChI is InChI=1S/C16H18BrN3/c1-19-8-9-20(16-5-3-2-4-15(16)19)11-12-10-13(18)6-7-14(12)17/h2-7,10H,8-9,11,18H2,1H3. The lowest BCUT2D eigenvalue weighted by atomic mass is 10.1. The maximum Gasteiger partial charge on any atom is 0.0607 e. The van der Waals surface area contributed by atoms with Gasteiger partial charge in [0.05, 0.1) is 11.4 Å². The van der Waals surface area contributed by atoms with E-state index < -0.39 is 0 Å². The van der Waals surface area contributed by atoms with Crippen LogP contribution < -0.4 is 15.5 Å². The number of nitrogen functional groups attached to an aromatic ring is 1. The smallest absolute Gasteiger partial charge is 0.0607 e. The highest BCUT2D eigenvalue weighted by atomic mass is 79.9. The third kappa shape index (κ3) is 2.48. The van der Waals surface area contributed by atoms with Crippen molar-refractivity contribution >= 4 is 33.0 Å². The summed E-state index contributed by atoms with van der Waals surface area (Å²) in [6.45, 7) is 2.93. The van der Waals surface area contributed by atoms with Crippen LogP contribution >= 0.6 is 15.9 Å². The third-order valence-electron chi connectivity index (χ3n) is 3.77. The van der Waals surface area contributed by atoms with Crippen molar-refractivity contribution in [3.8, 4) is 0 Å². The highest BCUT2D eigenvalue weighted by molar-refractivity contribution is 9.10. The second-order valence-electron chi connectivity index (χ2n) is 5.18. The molecule has 0 saturated heterocycles. The van der Waals surface area contributed by atoms with Crippen molar-refractivity contribution in [3.05, 3.63) is 52.5 Å². The first kappa shape index (κ1) is 13.3. The molecule has 0 unspecified atom stereocenters. The van der Waals surface area contributed by atoms with Crippen LogP contribution in [0.2, 0.25) is 0 Å². The molecule has 3 nitrogen and oxygen atoms in total. The van der Waals surface area contributed by atoms with E-state index in [1.165, 1.54) is 16.9 Å². The number of hydrogen-bond acceptors (Lipinski definition) is 3. The van der Waals surface area contributed by atoms with E-state index in [-0.39, 0.29) is 0 Å². The fourth-order valence-electron chi connectivity index (χ4n) is 2.65. The van der Waals surface area contributed by atoms with Crippen LogP contribution in [0.4, 0.5) is 17.1 Å². The van der Waals surface area contributed by atoms with Crippen molar-refractivity contribution in [2.45, 2.75) is 6.54 Å². The van der Waals surface area contributed by atoms with Crippen LogP contribution in [0.25, 0.3) is 0 Å². The van der Waals surface area contributed by atoms with Crippen molar-refractivity contribution in [1.29, 1.82) is 0 Å². The summed E-state index contributed by atoms with van der Waals surface area (Å²) in [6.07, 6.45) is 0. The van der Waals surface area contributed by atoms with Gasteiger partial charge in [0.25, 0.3) is 0 Å². The van der Waals surface area contributed by atoms with Gasteiger partial charge in [-0.25, -0.2) is 0 Å². The summed E-state index contributed by atoms with van der Waals surface area (Å²) in [5.41, 5.74) is 10.5. The van der Waals surface area contributed by atoms with Gasteiger partial charge in [-0.2, -0.15) is 0 Å². The minimum atomic E-state index is 0.811. The lowest BCUT2D eigenvalue weighted by Gasteiger charge is -2.37. The van der Waals surface area contributed by atoms with E-state index in [0.29, 0.717) is 0 Å². The largest absolute Gasteiger partial charge is 0.399 e. The first-order valence-electron chi connectivity index (χ1n) is 6.74. The van der Waals surface area contributed by atoms with Gasteiger partial charge in [0.2, 0.25) is 0 Å². The van der Waals surface area contributed by atoms with Gasteiger partial charge < -0.3 is 15.5 Å². The molecule has 4 heteroatoms. The molecular weight excluding hydrogens is 314 g/mol. The van der Waals surface area contributed by atoms with Crippen LogP contribution in [-0.2, 0) is 6.54 Å². The quantitative estimate of drug-likeness (QED) is 0.855. The second kappa shape index (κ2) is 5.37. The number of nitrogens with zero attached hydrogens (tertiary/aromatic N) is 2. The molecule has 0 aromatic heterocycles. The summed E-state index contributed by atoms with van der Waals surface area (Å²) in [5.74, 6) is 0. The van der Waals surface area contributed by atoms with Gasteiger partial charge in [-0.3, -0.25) is 0 Å². The molecule has 20 heavy (non-hydrogen) atoms. The highest BCUT2D eigenvalue weighted by Gasteiger charge is 2.20. The third-order valence-corrected chi connectivity index (χ3v) is 4.54. The minimum absolute atomic E-state index is 0.811. The van der Waals surface area contributed by atoms with Crippen LogP contribution in [-0.4, -0.2) is 20.1 Å². The fourth-order valence-corrected chi connectivity index (χ4v) is 3.02. The molecule has 2 N–H and O–H groups in total. The average molecular weight is 332 g/mol. The average Bonchev–Trinajstić information content (AvgIpc) is 2.46. The van der Waals surface area contributed by atoms with E-state index in [4.69, 9.17) is 5.73 Å². The Morgan fingerprint density at radius 1 is 1.10 bits per heavy atom. The summed E-state index contributed by atoms with van der Waals surface area (Å²) in [6, 6.07) is 14.5. The Bertz CT molecular complexity index is 627. The van der Waals surface area contributed by atoms with Crippen LogP contribution in [0, 0.1) is 0 Å². The van der Waals surface area contributed by atoms with E-state index >= 15 is 0 Å². The number of likely N-dealkylation sites (N-methyl/N-ethyl adjacent to an activating group) is 1. The van der Waals surface area contributed by atoms with Gasteiger partial charge in [-0.15, -0.1) is 0 Å². The van der Waals surface area contributed by atoms with Gasteiger partial charge in [0.1, 0.15) is 0 Å². The van der Waals surface area contributed by atoms with Gasteiger partial charge in [0.15, 0.2) is 0 Å². The van der Waals surface area contributed by atoms with E-state index in [2.05, 4.69) is 57.0 Å². The van der Waals surface area contributed by atoms with Crippen molar-refractivity contribution in [2.24, 2.45) is 0 Å². The molecule has 0 radical (unpaired) electrons. The van der Waals surface area contributed by atoms with Gasteiger partial charge in [0, 0.05) is 36.8 Å². The summed E-state index contributed by atoms with van der Waals surface area (Å²) >= 11 is 3.62. The number of nitrogens with two attached hydrogens (primary N) is 1. The number of para-hydroxylation sites is 2. The van der Waals surface area contributed by atoms with Crippen LogP contribution in [0.1, 0.15) is 5.56 Å². The number of fused-ring (bicyclic) bond motifs is 1. The minimum Gasteiger partial charge on any atom is -0.399 e. The number of benzene rings is 2. The first-order valence-corrected chi connectivity index (χ1v) is 7.53. The Morgan fingerprint density at radius 2 is 1.85 bits per heavy atom. The molecular formula is C16H18BrN3. The van der Waals surface area contributed by atoms with Gasteiger partial charge in [-0.05, 0) is 35.9 Å². The molecule has 1 heterocycles. The molecule has 0 amide bonds. The molecule has 2 aromatic carbocycles. The van der Waals surface area contributed by atoms with Crippen molar-refractivity contribution in [3.63, 3.8) is 0 Å². The summed E-state index contributed by atoms with van der Waals surface area (Å²) in [7, 11) is 2.15. The van der Waals surface area contributed by atoms with E-state index in [1.807, 2.05) is 18.2 Å². The van der Waals surface area contributed by atoms with E-state index in [9.17, 15) is 0 Å². The zero-order chi connectivity index (χ0) is 14.1. The van der Waals surface area contributed by atoms with E-state index in [0.717, 1.165) is 29.8 Å². The molecule has 1 aliphatic rings. The Hall–Kier alpha value is -1.68. The SMILES string of the molecule is CN1CCN(Cc2cc(N)ccc2Br)c2ccccc21.